The minimum Gasteiger partial charge on any atom is -0.399 e. The third kappa shape index (κ3) is 3.27. The molecule has 1 aromatic carbocycles. The summed E-state index contributed by atoms with van der Waals surface area (Å²) in [5, 5.41) is 4.51. The number of nitrogen functional groups attached to an aromatic ring is 1. The lowest BCUT2D eigenvalue weighted by Crippen LogP contribution is -2.01. The summed E-state index contributed by atoms with van der Waals surface area (Å²) < 4.78 is 1.98. The molecule has 1 aromatic heterocycles. The molecule has 0 aliphatic carbocycles. The van der Waals surface area contributed by atoms with Gasteiger partial charge in [-0.15, -0.1) is 11.8 Å². The molecule has 0 amide bonds. The SMILES string of the molecule is CC(C)n1ccc(CSc2ccc(N)cc2)n1. The van der Waals surface area contributed by atoms with Crippen LogP contribution in [0.2, 0.25) is 0 Å². The maximum Gasteiger partial charge on any atom is 0.0727 e. The lowest BCUT2D eigenvalue weighted by Gasteiger charge is -2.04. The Kier molecular flexibility index (Phi) is 3.74. The van der Waals surface area contributed by atoms with E-state index < -0.39 is 0 Å². The number of aromatic nitrogens is 2. The fraction of sp³-hybridized carbons (Fsp3) is 0.308. The third-order valence-corrected chi connectivity index (χ3v) is 3.51. The Labute approximate surface area is 106 Å². The van der Waals surface area contributed by atoms with E-state index >= 15 is 0 Å². The molecule has 0 saturated heterocycles. The molecule has 0 bridgehead atoms. The number of hydrogen-bond acceptors (Lipinski definition) is 3. The lowest BCUT2D eigenvalue weighted by atomic mass is 10.3. The zero-order valence-electron chi connectivity index (χ0n) is 10.1. The van der Waals surface area contributed by atoms with Crippen LogP contribution in [-0.4, -0.2) is 9.78 Å². The van der Waals surface area contributed by atoms with Gasteiger partial charge in [0.1, 0.15) is 0 Å². The molecule has 17 heavy (non-hydrogen) atoms. The summed E-state index contributed by atoms with van der Waals surface area (Å²) in [6.07, 6.45) is 2.03. The van der Waals surface area contributed by atoms with Crippen LogP contribution in [0, 0.1) is 0 Å². The standard InChI is InChI=1S/C13H17N3S/c1-10(2)16-8-7-12(15-16)9-17-13-5-3-11(14)4-6-13/h3-8,10H,9,14H2,1-2H3. The first-order chi connectivity index (χ1) is 8.15. The van der Waals surface area contributed by atoms with E-state index in [1.54, 1.807) is 11.8 Å². The minimum absolute atomic E-state index is 0.422. The van der Waals surface area contributed by atoms with Crippen LogP contribution in [0.3, 0.4) is 0 Å². The van der Waals surface area contributed by atoms with Crippen molar-refractivity contribution in [3.8, 4) is 0 Å². The highest BCUT2D eigenvalue weighted by Crippen LogP contribution is 2.23. The smallest absolute Gasteiger partial charge is 0.0727 e. The second-order valence-corrected chi connectivity index (χ2v) is 5.29. The Morgan fingerprint density at radius 2 is 1.94 bits per heavy atom. The molecule has 2 rings (SSSR count). The summed E-state index contributed by atoms with van der Waals surface area (Å²) in [5.74, 6) is 0.892. The fourth-order valence-corrected chi connectivity index (χ4v) is 2.26. The predicted octanol–water partition coefficient (Wildman–Crippen LogP) is 3.34. The highest BCUT2D eigenvalue weighted by molar-refractivity contribution is 7.98. The first kappa shape index (κ1) is 12.0. The van der Waals surface area contributed by atoms with E-state index in [4.69, 9.17) is 5.73 Å². The largest absolute Gasteiger partial charge is 0.399 e. The highest BCUT2D eigenvalue weighted by atomic mass is 32.2. The normalized spacial score (nSPS) is 11.0. The molecule has 0 spiro atoms. The summed E-state index contributed by atoms with van der Waals surface area (Å²) in [7, 11) is 0. The molecule has 0 aliphatic heterocycles. The van der Waals surface area contributed by atoms with Crippen molar-refractivity contribution in [2.75, 3.05) is 5.73 Å². The number of hydrogen-bond donors (Lipinski definition) is 1. The van der Waals surface area contributed by atoms with Gasteiger partial charge in [-0.3, -0.25) is 4.68 Å². The molecule has 1 heterocycles. The van der Waals surface area contributed by atoms with Gasteiger partial charge in [0.2, 0.25) is 0 Å². The molecule has 3 nitrogen and oxygen atoms in total. The maximum atomic E-state index is 5.65. The van der Waals surface area contributed by atoms with Crippen molar-refractivity contribution < 1.29 is 0 Å². The number of rotatable bonds is 4. The molecule has 4 heteroatoms. The molecule has 0 radical (unpaired) electrons. The quantitative estimate of drug-likeness (QED) is 0.665. The van der Waals surface area contributed by atoms with Crippen LogP contribution < -0.4 is 5.73 Å². The van der Waals surface area contributed by atoms with Gasteiger partial charge >= 0.3 is 0 Å². The van der Waals surface area contributed by atoms with Gasteiger partial charge in [0.05, 0.1) is 5.69 Å². The van der Waals surface area contributed by atoms with Crippen LogP contribution in [0.15, 0.2) is 41.4 Å². The van der Waals surface area contributed by atoms with Crippen molar-refractivity contribution in [1.29, 1.82) is 0 Å². The van der Waals surface area contributed by atoms with Crippen molar-refractivity contribution >= 4 is 17.4 Å². The van der Waals surface area contributed by atoms with E-state index in [1.807, 2.05) is 35.1 Å². The second-order valence-electron chi connectivity index (χ2n) is 4.24. The monoisotopic (exact) mass is 247 g/mol. The number of nitrogens with zero attached hydrogens (tertiary/aromatic N) is 2. The van der Waals surface area contributed by atoms with Crippen molar-refractivity contribution in [3.63, 3.8) is 0 Å². The van der Waals surface area contributed by atoms with E-state index in [9.17, 15) is 0 Å². The molecular formula is C13H17N3S. The van der Waals surface area contributed by atoms with Gasteiger partial charge in [-0.05, 0) is 44.2 Å². The van der Waals surface area contributed by atoms with Crippen molar-refractivity contribution in [2.24, 2.45) is 0 Å². The molecular weight excluding hydrogens is 230 g/mol. The van der Waals surface area contributed by atoms with Crippen LogP contribution in [0.25, 0.3) is 0 Å². The molecule has 0 fully saturated rings. The Balaban J connectivity index is 1.95. The Morgan fingerprint density at radius 3 is 2.53 bits per heavy atom. The van der Waals surface area contributed by atoms with Gasteiger partial charge in [0, 0.05) is 28.6 Å². The summed E-state index contributed by atoms with van der Waals surface area (Å²) in [5.41, 5.74) is 7.56. The van der Waals surface area contributed by atoms with Gasteiger partial charge in [-0.2, -0.15) is 5.10 Å². The van der Waals surface area contributed by atoms with E-state index in [-0.39, 0.29) is 0 Å². The Hall–Kier alpha value is -1.42. The van der Waals surface area contributed by atoms with Crippen molar-refractivity contribution in [2.45, 2.75) is 30.5 Å². The van der Waals surface area contributed by atoms with Gasteiger partial charge in [0.25, 0.3) is 0 Å². The third-order valence-electron chi connectivity index (χ3n) is 2.46. The summed E-state index contributed by atoms with van der Waals surface area (Å²) in [6, 6.07) is 10.4. The van der Waals surface area contributed by atoms with Crippen molar-refractivity contribution in [1.82, 2.24) is 9.78 Å². The minimum atomic E-state index is 0.422. The van der Waals surface area contributed by atoms with Crippen LogP contribution >= 0.6 is 11.8 Å². The van der Waals surface area contributed by atoms with Gasteiger partial charge < -0.3 is 5.73 Å². The molecule has 2 aromatic rings. The Bertz CT molecular complexity index is 474. The highest BCUT2D eigenvalue weighted by Gasteiger charge is 2.02. The molecule has 0 aliphatic rings. The summed E-state index contributed by atoms with van der Waals surface area (Å²) >= 11 is 1.78. The number of thioether (sulfide) groups is 1. The first-order valence-corrected chi connectivity index (χ1v) is 6.66. The topological polar surface area (TPSA) is 43.8 Å². The molecule has 0 atom stereocenters. The van der Waals surface area contributed by atoms with E-state index in [0.29, 0.717) is 6.04 Å². The molecule has 90 valence electrons. The van der Waals surface area contributed by atoms with E-state index in [2.05, 4.69) is 25.0 Å². The van der Waals surface area contributed by atoms with Gasteiger partial charge in [0.15, 0.2) is 0 Å². The predicted molar refractivity (Wildman–Crippen MR) is 73.0 cm³/mol. The number of benzene rings is 1. The first-order valence-electron chi connectivity index (χ1n) is 5.67. The van der Waals surface area contributed by atoms with Crippen molar-refractivity contribution in [3.05, 3.63) is 42.2 Å². The second kappa shape index (κ2) is 5.27. The average molecular weight is 247 g/mol. The lowest BCUT2D eigenvalue weighted by molar-refractivity contribution is 0.529. The number of nitrogens with two attached hydrogens (primary N) is 1. The van der Waals surface area contributed by atoms with Gasteiger partial charge in [-0.25, -0.2) is 0 Å². The van der Waals surface area contributed by atoms with Crippen LogP contribution in [0.5, 0.6) is 0 Å². The van der Waals surface area contributed by atoms with Crippen LogP contribution in [0.1, 0.15) is 25.6 Å². The molecule has 0 saturated carbocycles. The molecule has 2 N–H and O–H groups in total. The Morgan fingerprint density at radius 1 is 1.24 bits per heavy atom. The van der Waals surface area contributed by atoms with Crippen LogP contribution in [0.4, 0.5) is 5.69 Å². The average Bonchev–Trinajstić information content (AvgIpc) is 2.77. The molecule has 0 unspecified atom stereocenters. The van der Waals surface area contributed by atoms with E-state index in [1.165, 1.54) is 4.90 Å². The number of anilines is 1. The summed E-state index contributed by atoms with van der Waals surface area (Å²) in [6.45, 7) is 4.26. The summed E-state index contributed by atoms with van der Waals surface area (Å²) in [4.78, 5) is 1.22. The zero-order valence-corrected chi connectivity index (χ0v) is 10.9. The maximum absolute atomic E-state index is 5.65. The van der Waals surface area contributed by atoms with E-state index in [0.717, 1.165) is 17.1 Å². The zero-order chi connectivity index (χ0) is 12.3. The fourth-order valence-electron chi connectivity index (χ4n) is 1.46. The van der Waals surface area contributed by atoms with Gasteiger partial charge in [-0.1, -0.05) is 0 Å². The van der Waals surface area contributed by atoms with Crippen LogP contribution in [-0.2, 0) is 5.75 Å².